The van der Waals surface area contributed by atoms with Crippen molar-refractivity contribution in [2.24, 2.45) is 0 Å². The molecular weight excluding hydrogens is 339 g/mol. The van der Waals surface area contributed by atoms with Crippen LogP contribution in [0, 0.1) is 5.82 Å². The van der Waals surface area contributed by atoms with Gasteiger partial charge in [0.15, 0.2) is 5.82 Å². The van der Waals surface area contributed by atoms with Gasteiger partial charge in [-0.15, -0.1) is 0 Å². The van der Waals surface area contributed by atoms with Crippen LogP contribution in [0.25, 0.3) is 0 Å². The molecule has 5 nitrogen and oxygen atoms in total. The fraction of sp³-hybridized carbons (Fsp3) is 0.286. The van der Waals surface area contributed by atoms with Crippen LogP contribution >= 0.6 is 15.9 Å². The molecule has 0 fully saturated rings. The number of aromatic nitrogens is 2. The zero-order valence-electron chi connectivity index (χ0n) is 11.8. The fourth-order valence-electron chi connectivity index (χ4n) is 1.67. The number of anilines is 3. The second kappa shape index (κ2) is 7.33. The van der Waals surface area contributed by atoms with E-state index in [4.69, 9.17) is 4.74 Å². The van der Waals surface area contributed by atoms with Crippen molar-refractivity contribution in [1.29, 1.82) is 0 Å². The first-order valence-electron chi connectivity index (χ1n) is 6.48. The first-order chi connectivity index (χ1) is 10.1. The molecule has 112 valence electrons. The molecule has 2 aromatic rings. The molecule has 0 aliphatic carbocycles. The number of benzene rings is 1. The van der Waals surface area contributed by atoms with Gasteiger partial charge >= 0.3 is 0 Å². The molecule has 0 aliphatic heterocycles. The SMILES string of the molecule is CCOCc1nc(NC)cc(Nc2ccc(Br)c(F)c2)n1. The lowest BCUT2D eigenvalue weighted by Gasteiger charge is -2.10. The van der Waals surface area contributed by atoms with Gasteiger partial charge in [0.25, 0.3) is 0 Å². The Morgan fingerprint density at radius 2 is 2.00 bits per heavy atom. The van der Waals surface area contributed by atoms with Gasteiger partial charge in [-0.2, -0.15) is 0 Å². The summed E-state index contributed by atoms with van der Waals surface area (Å²) < 4.78 is 19.3. The van der Waals surface area contributed by atoms with Gasteiger partial charge in [0.1, 0.15) is 24.1 Å². The van der Waals surface area contributed by atoms with Gasteiger partial charge in [0, 0.05) is 25.4 Å². The van der Waals surface area contributed by atoms with Crippen molar-refractivity contribution in [3.8, 4) is 0 Å². The van der Waals surface area contributed by atoms with E-state index in [-0.39, 0.29) is 5.82 Å². The molecule has 21 heavy (non-hydrogen) atoms. The van der Waals surface area contributed by atoms with E-state index >= 15 is 0 Å². The van der Waals surface area contributed by atoms with Crippen molar-refractivity contribution in [1.82, 2.24) is 9.97 Å². The van der Waals surface area contributed by atoms with E-state index in [0.717, 1.165) is 0 Å². The molecule has 2 rings (SSSR count). The highest BCUT2D eigenvalue weighted by Gasteiger charge is 2.06. The first kappa shape index (κ1) is 15.7. The Labute approximate surface area is 131 Å². The molecular formula is C14H16BrFN4O. The molecule has 0 saturated carbocycles. The van der Waals surface area contributed by atoms with Crippen LogP contribution in [0.3, 0.4) is 0 Å². The summed E-state index contributed by atoms with van der Waals surface area (Å²) in [4.78, 5) is 8.64. The van der Waals surface area contributed by atoms with E-state index in [0.29, 0.717) is 40.8 Å². The van der Waals surface area contributed by atoms with Crippen molar-refractivity contribution >= 4 is 33.3 Å². The van der Waals surface area contributed by atoms with E-state index in [1.807, 2.05) is 6.92 Å². The highest BCUT2D eigenvalue weighted by Crippen LogP contribution is 2.22. The summed E-state index contributed by atoms with van der Waals surface area (Å²) in [5.74, 6) is 1.46. The Morgan fingerprint density at radius 1 is 1.24 bits per heavy atom. The maximum atomic E-state index is 13.5. The van der Waals surface area contributed by atoms with Crippen LogP contribution in [-0.2, 0) is 11.3 Å². The second-order valence-electron chi connectivity index (χ2n) is 4.20. The summed E-state index contributed by atoms with van der Waals surface area (Å²) in [5.41, 5.74) is 0.610. The lowest BCUT2D eigenvalue weighted by Crippen LogP contribution is -2.05. The van der Waals surface area contributed by atoms with Gasteiger partial charge in [-0.1, -0.05) is 0 Å². The Balaban J connectivity index is 2.23. The Bertz CT molecular complexity index is 624. The maximum absolute atomic E-state index is 13.5. The summed E-state index contributed by atoms with van der Waals surface area (Å²) in [6.45, 7) is 2.83. The van der Waals surface area contributed by atoms with Gasteiger partial charge in [-0.05, 0) is 41.1 Å². The predicted octanol–water partition coefficient (Wildman–Crippen LogP) is 3.70. The molecule has 0 atom stereocenters. The minimum absolute atomic E-state index is 0.329. The van der Waals surface area contributed by atoms with E-state index in [2.05, 4.69) is 36.5 Å². The summed E-state index contributed by atoms with van der Waals surface area (Å²) in [6.07, 6.45) is 0. The van der Waals surface area contributed by atoms with Crippen LogP contribution in [0.15, 0.2) is 28.7 Å². The number of rotatable bonds is 6. The number of nitrogens with one attached hydrogen (secondary N) is 2. The second-order valence-corrected chi connectivity index (χ2v) is 5.05. The molecule has 0 aliphatic rings. The fourth-order valence-corrected chi connectivity index (χ4v) is 1.92. The minimum atomic E-state index is -0.336. The highest BCUT2D eigenvalue weighted by atomic mass is 79.9. The zero-order chi connectivity index (χ0) is 15.2. The van der Waals surface area contributed by atoms with E-state index in [1.165, 1.54) is 6.07 Å². The molecule has 0 spiro atoms. The largest absolute Gasteiger partial charge is 0.374 e. The van der Waals surface area contributed by atoms with E-state index < -0.39 is 0 Å². The standard InChI is InChI=1S/C14H16BrFN4O/c1-3-21-8-14-19-12(17-2)7-13(20-14)18-9-4-5-10(15)11(16)6-9/h4-7H,3,8H2,1-2H3,(H2,17,18,19,20). The average Bonchev–Trinajstić information content (AvgIpc) is 2.48. The van der Waals surface area contributed by atoms with Crippen LogP contribution in [0.1, 0.15) is 12.7 Å². The summed E-state index contributed by atoms with van der Waals surface area (Å²) in [5, 5.41) is 6.02. The lowest BCUT2D eigenvalue weighted by atomic mass is 10.3. The molecule has 0 radical (unpaired) electrons. The van der Waals surface area contributed by atoms with Crippen LogP contribution < -0.4 is 10.6 Å². The van der Waals surface area contributed by atoms with Crippen molar-refractivity contribution in [3.63, 3.8) is 0 Å². The van der Waals surface area contributed by atoms with Crippen molar-refractivity contribution in [2.45, 2.75) is 13.5 Å². The minimum Gasteiger partial charge on any atom is -0.374 e. The average molecular weight is 355 g/mol. The molecule has 0 amide bonds. The number of ether oxygens (including phenoxy) is 1. The van der Waals surface area contributed by atoms with Gasteiger partial charge in [-0.25, -0.2) is 14.4 Å². The molecule has 1 aromatic carbocycles. The van der Waals surface area contributed by atoms with Gasteiger partial charge in [0.05, 0.1) is 4.47 Å². The molecule has 0 unspecified atom stereocenters. The third-order valence-corrected chi connectivity index (χ3v) is 3.30. The number of hydrogen-bond donors (Lipinski definition) is 2. The normalized spacial score (nSPS) is 10.5. The van der Waals surface area contributed by atoms with Gasteiger partial charge < -0.3 is 15.4 Å². The third kappa shape index (κ3) is 4.37. The van der Waals surface area contributed by atoms with Gasteiger partial charge in [0.2, 0.25) is 0 Å². The quantitative estimate of drug-likeness (QED) is 0.828. The topological polar surface area (TPSA) is 59.1 Å². The van der Waals surface area contributed by atoms with Crippen LogP contribution in [0.2, 0.25) is 0 Å². The molecule has 2 N–H and O–H groups in total. The number of halogens is 2. The maximum Gasteiger partial charge on any atom is 0.158 e. The Hall–Kier alpha value is -1.73. The van der Waals surface area contributed by atoms with E-state index in [9.17, 15) is 4.39 Å². The summed E-state index contributed by atoms with van der Waals surface area (Å²) in [6, 6.07) is 6.54. The highest BCUT2D eigenvalue weighted by molar-refractivity contribution is 9.10. The monoisotopic (exact) mass is 354 g/mol. The molecule has 1 heterocycles. The Morgan fingerprint density at radius 3 is 2.67 bits per heavy atom. The third-order valence-electron chi connectivity index (χ3n) is 2.66. The van der Waals surface area contributed by atoms with Crippen molar-refractivity contribution in [2.75, 3.05) is 24.3 Å². The molecule has 0 bridgehead atoms. The molecule has 1 aromatic heterocycles. The number of hydrogen-bond acceptors (Lipinski definition) is 5. The molecule has 0 saturated heterocycles. The van der Waals surface area contributed by atoms with Crippen LogP contribution in [0.5, 0.6) is 0 Å². The van der Waals surface area contributed by atoms with E-state index in [1.54, 1.807) is 25.2 Å². The summed E-state index contributed by atoms with van der Waals surface area (Å²) >= 11 is 3.12. The smallest absolute Gasteiger partial charge is 0.158 e. The van der Waals surface area contributed by atoms with Crippen molar-refractivity contribution < 1.29 is 9.13 Å². The van der Waals surface area contributed by atoms with Crippen LogP contribution in [-0.4, -0.2) is 23.6 Å². The van der Waals surface area contributed by atoms with Crippen molar-refractivity contribution in [3.05, 3.63) is 40.4 Å². The van der Waals surface area contributed by atoms with Crippen LogP contribution in [0.4, 0.5) is 21.7 Å². The predicted molar refractivity (Wildman–Crippen MR) is 84.3 cm³/mol. The zero-order valence-corrected chi connectivity index (χ0v) is 13.4. The molecule has 7 heteroatoms. The van der Waals surface area contributed by atoms with Gasteiger partial charge in [-0.3, -0.25) is 0 Å². The summed E-state index contributed by atoms with van der Waals surface area (Å²) in [7, 11) is 1.77. The number of nitrogens with zero attached hydrogens (tertiary/aromatic N) is 2. The Kier molecular flexibility index (Phi) is 5.46. The lowest BCUT2D eigenvalue weighted by molar-refractivity contribution is 0.128. The first-order valence-corrected chi connectivity index (χ1v) is 7.27.